The molecular weight excluding hydrogens is 357 g/mol. The molecule has 0 aromatic heterocycles. The number of benzene rings is 1. The third kappa shape index (κ3) is 5.50. The summed E-state index contributed by atoms with van der Waals surface area (Å²) in [6.45, 7) is -1.42. The number of carbonyl (C=O) groups is 4. The standard InChI is InChI=1S/C18H22FN3O5/c1-27-14-6-4-12(5-7-14)17(25)21-11-16(24)22-8-2-3-15(22)18(26)20-10-13(23)9-19/h4-7,15H,2-3,8-11H2,1H3,(H,20,26)(H,21,25). The van der Waals surface area contributed by atoms with E-state index in [2.05, 4.69) is 10.6 Å². The Balaban J connectivity index is 1.87. The lowest BCUT2D eigenvalue weighted by Crippen LogP contribution is -2.49. The number of nitrogens with one attached hydrogen (secondary N) is 2. The summed E-state index contributed by atoms with van der Waals surface area (Å²) in [6, 6.07) is 5.70. The highest BCUT2D eigenvalue weighted by Gasteiger charge is 2.34. The average molecular weight is 379 g/mol. The topological polar surface area (TPSA) is 105 Å². The van der Waals surface area contributed by atoms with Crippen LogP contribution in [0.1, 0.15) is 23.2 Å². The quantitative estimate of drug-likeness (QED) is 0.665. The number of ketones is 1. The number of carbonyl (C=O) groups excluding carboxylic acids is 4. The van der Waals surface area contributed by atoms with Crippen molar-refractivity contribution in [2.45, 2.75) is 18.9 Å². The van der Waals surface area contributed by atoms with Gasteiger partial charge < -0.3 is 20.3 Å². The lowest BCUT2D eigenvalue weighted by atomic mass is 10.2. The zero-order valence-electron chi connectivity index (χ0n) is 15.0. The minimum absolute atomic E-state index is 0.252. The van der Waals surface area contributed by atoms with Crippen LogP contribution in [0.4, 0.5) is 4.39 Å². The molecule has 9 heteroatoms. The van der Waals surface area contributed by atoms with Crippen LogP contribution in [0, 0.1) is 0 Å². The molecule has 0 radical (unpaired) electrons. The second-order valence-corrected chi connectivity index (χ2v) is 6.05. The number of amides is 3. The average Bonchev–Trinajstić information content (AvgIpc) is 3.19. The van der Waals surface area contributed by atoms with Gasteiger partial charge in [-0.1, -0.05) is 0 Å². The maximum atomic E-state index is 12.4. The molecule has 8 nitrogen and oxygen atoms in total. The number of hydrogen-bond donors (Lipinski definition) is 2. The molecule has 2 N–H and O–H groups in total. The van der Waals surface area contributed by atoms with E-state index in [1.165, 1.54) is 12.0 Å². The Morgan fingerprint density at radius 1 is 1.15 bits per heavy atom. The molecular formula is C18H22FN3O5. The van der Waals surface area contributed by atoms with Gasteiger partial charge in [0.05, 0.1) is 20.2 Å². The largest absolute Gasteiger partial charge is 0.497 e. The first-order chi connectivity index (χ1) is 13.0. The van der Waals surface area contributed by atoms with Crippen LogP contribution in [-0.2, 0) is 14.4 Å². The molecule has 1 saturated heterocycles. The molecule has 2 rings (SSSR count). The van der Waals surface area contributed by atoms with Gasteiger partial charge in [0.2, 0.25) is 11.8 Å². The van der Waals surface area contributed by atoms with Gasteiger partial charge in [0, 0.05) is 12.1 Å². The van der Waals surface area contributed by atoms with Crippen molar-refractivity contribution in [1.82, 2.24) is 15.5 Å². The van der Waals surface area contributed by atoms with E-state index < -0.39 is 42.8 Å². The lowest BCUT2D eigenvalue weighted by Gasteiger charge is -2.24. The van der Waals surface area contributed by atoms with Crippen LogP contribution < -0.4 is 15.4 Å². The monoisotopic (exact) mass is 379 g/mol. The number of hydrogen-bond acceptors (Lipinski definition) is 5. The van der Waals surface area contributed by atoms with Crippen molar-refractivity contribution in [3.8, 4) is 5.75 Å². The summed E-state index contributed by atoms with van der Waals surface area (Å²) in [4.78, 5) is 48.9. The van der Waals surface area contributed by atoms with Gasteiger partial charge in [0.1, 0.15) is 18.5 Å². The first kappa shape index (κ1) is 20.3. The van der Waals surface area contributed by atoms with Gasteiger partial charge >= 0.3 is 0 Å². The zero-order valence-corrected chi connectivity index (χ0v) is 15.0. The Hall–Kier alpha value is -2.97. The van der Waals surface area contributed by atoms with E-state index in [9.17, 15) is 23.6 Å². The molecule has 1 aliphatic heterocycles. The molecule has 1 heterocycles. The van der Waals surface area contributed by atoms with Crippen LogP contribution in [0.5, 0.6) is 5.75 Å². The highest BCUT2D eigenvalue weighted by molar-refractivity contribution is 5.97. The molecule has 146 valence electrons. The first-order valence-corrected chi connectivity index (χ1v) is 8.53. The predicted octanol–water partition coefficient (Wildman–Crippen LogP) is 0.0708. The molecule has 0 aliphatic carbocycles. The number of likely N-dealkylation sites (tertiary alicyclic amines) is 1. The van der Waals surface area contributed by atoms with Crippen molar-refractivity contribution in [3.05, 3.63) is 29.8 Å². The van der Waals surface area contributed by atoms with Crippen LogP contribution in [0.25, 0.3) is 0 Å². The molecule has 1 aromatic rings. The van der Waals surface area contributed by atoms with E-state index in [4.69, 9.17) is 4.74 Å². The highest BCUT2D eigenvalue weighted by atomic mass is 19.1. The Morgan fingerprint density at radius 3 is 2.48 bits per heavy atom. The minimum Gasteiger partial charge on any atom is -0.497 e. The van der Waals surface area contributed by atoms with Crippen molar-refractivity contribution in [2.75, 3.05) is 33.4 Å². The van der Waals surface area contributed by atoms with Gasteiger partial charge in [0.25, 0.3) is 5.91 Å². The molecule has 0 saturated carbocycles. The van der Waals surface area contributed by atoms with E-state index in [1.807, 2.05) is 0 Å². The highest BCUT2D eigenvalue weighted by Crippen LogP contribution is 2.17. The van der Waals surface area contributed by atoms with Crippen molar-refractivity contribution in [3.63, 3.8) is 0 Å². The number of nitrogens with zero attached hydrogens (tertiary/aromatic N) is 1. The van der Waals surface area contributed by atoms with Gasteiger partial charge in [-0.25, -0.2) is 4.39 Å². The Kier molecular flexibility index (Phi) is 7.27. The molecule has 1 aromatic carbocycles. The van der Waals surface area contributed by atoms with Crippen LogP contribution in [-0.4, -0.2) is 67.9 Å². The van der Waals surface area contributed by atoms with Gasteiger partial charge in [-0.3, -0.25) is 19.2 Å². The summed E-state index contributed by atoms with van der Waals surface area (Å²) >= 11 is 0. The van der Waals surface area contributed by atoms with Crippen LogP contribution >= 0.6 is 0 Å². The minimum atomic E-state index is -1.15. The Morgan fingerprint density at radius 2 is 1.85 bits per heavy atom. The van der Waals surface area contributed by atoms with Crippen molar-refractivity contribution in [2.24, 2.45) is 0 Å². The molecule has 1 unspecified atom stereocenters. The van der Waals surface area contributed by atoms with E-state index in [0.717, 1.165) is 0 Å². The predicted molar refractivity (Wildman–Crippen MR) is 94.1 cm³/mol. The number of alkyl halides is 1. The second-order valence-electron chi connectivity index (χ2n) is 6.05. The lowest BCUT2D eigenvalue weighted by molar-refractivity contribution is -0.138. The summed E-state index contributed by atoms with van der Waals surface area (Å²) in [6.07, 6.45) is 1.08. The SMILES string of the molecule is COc1ccc(C(=O)NCC(=O)N2CCCC2C(=O)NCC(=O)CF)cc1. The maximum absolute atomic E-state index is 12.4. The fraction of sp³-hybridized carbons (Fsp3) is 0.444. The smallest absolute Gasteiger partial charge is 0.251 e. The van der Waals surface area contributed by atoms with E-state index in [0.29, 0.717) is 30.7 Å². The summed E-state index contributed by atoms with van der Waals surface area (Å²) in [5.74, 6) is -1.43. The van der Waals surface area contributed by atoms with Gasteiger partial charge in [0.15, 0.2) is 5.78 Å². The fourth-order valence-electron chi connectivity index (χ4n) is 2.79. The van der Waals surface area contributed by atoms with Gasteiger partial charge in [-0.15, -0.1) is 0 Å². The van der Waals surface area contributed by atoms with Gasteiger partial charge in [-0.05, 0) is 37.1 Å². The summed E-state index contributed by atoms with van der Waals surface area (Å²) in [5.41, 5.74) is 0.379. The second kappa shape index (κ2) is 9.65. The first-order valence-electron chi connectivity index (χ1n) is 8.53. The molecule has 0 bridgehead atoms. The van der Waals surface area contributed by atoms with Crippen molar-refractivity contribution < 1.29 is 28.3 Å². The number of rotatable bonds is 8. The number of Topliss-reactive ketones (excluding diaryl/α,β-unsaturated/α-hetero) is 1. The fourth-order valence-corrected chi connectivity index (χ4v) is 2.79. The molecule has 0 spiro atoms. The third-order valence-corrected chi connectivity index (χ3v) is 4.24. The number of methoxy groups -OCH3 is 1. The van der Waals surface area contributed by atoms with Crippen LogP contribution in [0.3, 0.4) is 0 Å². The number of halogens is 1. The molecule has 3 amide bonds. The van der Waals surface area contributed by atoms with Gasteiger partial charge in [-0.2, -0.15) is 0 Å². The summed E-state index contributed by atoms with van der Waals surface area (Å²) in [7, 11) is 1.52. The van der Waals surface area contributed by atoms with Crippen molar-refractivity contribution in [1.29, 1.82) is 0 Å². The number of ether oxygens (including phenoxy) is 1. The molecule has 27 heavy (non-hydrogen) atoms. The molecule has 1 aliphatic rings. The molecule has 1 atom stereocenters. The van der Waals surface area contributed by atoms with Crippen molar-refractivity contribution >= 4 is 23.5 Å². The normalized spacial score (nSPS) is 15.9. The van der Waals surface area contributed by atoms with E-state index in [1.54, 1.807) is 24.3 Å². The van der Waals surface area contributed by atoms with E-state index >= 15 is 0 Å². The van der Waals surface area contributed by atoms with Crippen LogP contribution in [0.15, 0.2) is 24.3 Å². The van der Waals surface area contributed by atoms with E-state index in [-0.39, 0.29) is 6.54 Å². The molecule has 1 fully saturated rings. The summed E-state index contributed by atoms with van der Waals surface area (Å²) < 4.78 is 17.2. The van der Waals surface area contributed by atoms with Crippen LogP contribution in [0.2, 0.25) is 0 Å². The zero-order chi connectivity index (χ0) is 19.8. The Bertz CT molecular complexity index is 707. The maximum Gasteiger partial charge on any atom is 0.251 e. The summed E-state index contributed by atoms with van der Waals surface area (Å²) in [5, 5.41) is 4.87. The third-order valence-electron chi connectivity index (χ3n) is 4.24. The Labute approximate surface area is 156 Å².